The molecule has 1 atom stereocenters. The molecule has 7 heteroatoms. The van der Waals surface area contributed by atoms with Gasteiger partial charge < -0.3 is 19.9 Å². The van der Waals surface area contributed by atoms with Gasteiger partial charge in [0.05, 0.1) is 18.8 Å². The van der Waals surface area contributed by atoms with Gasteiger partial charge in [-0.15, -0.1) is 0 Å². The summed E-state index contributed by atoms with van der Waals surface area (Å²) in [4.78, 5) is 29.3. The molecule has 0 aliphatic carbocycles. The topological polar surface area (TPSA) is 61.9 Å². The minimum absolute atomic E-state index is 0.0269. The molecule has 6 nitrogen and oxygen atoms in total. The number of benzene rings is 2. The fourth-order valence-corrected chi connectivity index (χ4v) is 3.97. The maximum Gasteiger partial charge on any atom is 0.265 e. The number of carbonyl (C=O) groups is 2. The zero-order valence-corrected chi connectivity index (χ0v) is 16.9. The standard InChI is InChI=1S/C23H26FN3O3/c24-18-9-3-2-8-17(18)14-25-22(28)16-27-15-21(23(29)26-12-6-1-7-13-26)30-20-11-5-4-10-19(20)27/h2-5,8-11,21H,1,6-7,12-16H2,(H,25,28)/t21-/m0/s1. The number of piperidine rings is 1. The van der Waals surface area contributed by atoms with Crippen LogP contribution in [0.5, 0.6) is 5.75 Å². The van der Waals surface area contributed by atoms with Gasteiger partial charge >= 0.3 is 0 Å². The number of carbonyl (C=O) groups excluding carboxylic acids is 2. The molecular weight excluding hydrogens is 385 g/mol. The Bertz CT molecular complexity index is 914. The van der Waals surface area contributed by atoms with Crippen molar-refractivity contribution in [1.82, 2.24) is 10.2 Å². The van der Waals surface area contributed by atoms with Crippen LogP contribution in [0.4, 0.5) is 10.1 Å². The quantitative estimate of drug-likeness (QED) is 0.822. The highest BCUT2D eigenvalue weighted by Crippen LogP contribution is 2.33. The summed E-state index contributed by atoms with van der Waals surface area (Å²) in [5.41, 5.74) is 1.22. The van der Waals surface area contributed by atoms with E-state index in [1.807, 2.05) is 34.1 Å². The summed E-state index contributed by atoms with van der Waals surface area (Å²) < 4.78 is 19.8. The molecule has 2 aromatic rings. The smallest absolute Gasteiger partial charge is 0.265 e. The summed E-state index contributed by atoms with van der Waals surface area (Å²) in [6.07, 6.45) is 2.53. The van der Waals surface area contributed by atoms with Crippen LogP contribution in [0, 0.1) is 5.82 Å². The van der Waals surface area contributed by atoms with Crippen molar-refractivity contribution in [1.29, 1.82) is 0 Å². The van der Waals surface area contributed by atoms with E-state index in [2.05, 4.69) is 5.32 Å². The normalized spacial score (nSPS) is 18.4. The number of likely N-dealkylation sites (tertiary alicyclic amines) is 1. The second-order valence-electron chi connectivity index (χ2n) is 7.71. The zero-order chi connectivity index (χ0) is 20.9. The van der Waals surface area contributed by atoms with Crippen molar-refractivity contribution in [2.75, 3.05) is 31.1 Å². The van der Waals surface area contributed by atoms with E-state index in [0.29, 0.717) is 17.9 Å². The summed E-state index contributed by atoms with van der Waals surface area (Å²) >= 11 is 0. The molecule has 2 aromatic carbocycles. The van der Waals surface area contributed by atoms with Crippen LogP contribution < -0.4 is 15.0 Å². The summed E-state index contributed by atoms with van der Waals surface area (Å²) in [5, 5.41) is 2.77. The molecule has 0 radical (unpaired) electrons. The first-order valence-corrected chi connectivity index (χ1v) is 10.4. The Morgan fingerprint density at radius 1 is 1.03 bits per heavy atom. The molecule has 2 aliphatic heterocycles. The molecule has 1 N–H and O–H groups in total. The Hall–Kier alpha value is -3.09. The lowest BCUT2D eigenvalue weighted by molar-refractivity contribution is -0.139. The molecule has 2 amide bonds. The monoisotopic (exact) mass is 411 g/mol. The molecule has 0 saturated carbocycles. The molecule has 0 unspecified atom stereocenters. The van der Waals surface area contributed by atoms with Gasteiger partial charge in [-0.1, -0.05) is 30.3 Å². The van der Waals surface area contributed by atoms with Gasteiger partial charge in [0.15, 0.2) is 6.10 Å². The predicted molar refractivity (Wildman–Crippen MR) is 112 cm³/mol. The van der Waals surface area contributed by atoms with Crippen LogP contribution in [-0.2, 0) is 16.1 Å². The highest BCUT2D eigenvalue weighted by atomic mass is 19.1. The van der Waals surface area contributed by atoms with Crippen molar-refractivity contribution in [3.05, 3.63) is 59.9 Å². The lowest BCUT2D eigenvalue weighted by atomic mass is 10.1. The molecule has 158 valence electrons. The minimum atomic E-state index is -0.641. The molecule has 30 heavy (non-hydrogen) atoms. The number of hydrogen-bond acceptors (Lipinski definition) is 4. The molecule has 2 heterocycles. The first kappa shape index (κ1) is 20.2. The van der Waals surface area contributed by atoms with E-state index in [9.17, 15) is 14.0 Å². The summed E-state index contributed by atoms with van der Waals surface area (Å²) in [6.45, 7) is 2.00. The third-order valence-electron chi connectivity index (χ3n) is 5.57. The molecule has 0 aromatic heterocycles. The number of ether oxygens (including phenoxy) is 1. The van der Waals surface area contributed by atoms with E-state index >= 15 is 0 Å². The Balaban J connectivity index is 1.43. The van der Waals surface area contributed by atoms with Gasteiger partial charge in [0.25, 0.3) is 5.91 Å². The van der Waals surface area contributed by atoms with E-state index < -0.39 is 6.10 Å². The van der Waals surface area contributed by atoms with Gasteiger partial charge in [0.2, 0.25) is 5.91 Å². The molecule has 1 saturated heterocycles. The van der Waals surface area contributed by atoms with E-state index in [1.54, 1.807) is 18.2 Å². The van der Waals surface area contributed by atoms with E-state index in [-0.39, 0.29) is 30.7 Å². The van der Waals surface area contributed by atoms with Crippen LogP contribution in [0.1, 0.15) is 24.8 Å². The number of nitrogens with zero attached hydrogens (tertiary/aromatic N) is 2. The molecule has 2 aliphatic rings. The maximum absolute atomic E-state index is 13.8. The fourth-order valence-electron chi connectivity index (χ4n) is 3.97. The highest BCUT2D eigenvalue weighted by molar-refractivity contribution is 5.86. The van der Waals surface area contributed by atoms with E-state index in [0.717, 1.165) is 38.0 Å². The maximum atomic E-state index is 13.8. The van der Waals surface area contributed by atoms with Crippen LogP contribution in [0.3, 0.4) is 0 Å². The average molecular weight is 411 g/mol. The van der Waals surface area contributed by atoms with E-state index in [1.165, 1.54) is 6.07 Å². The van der Waals surface area contributed by atoms with Crippen molar-refractivity contribution < 1.29 is 18.7 Å². The number of para-hydroxylation sites is 2. The number of anilines is 1. The number of amides is 2. The zero-order valence-electron chi connectivity index (χ0n) is 16.9. The van der Waals surface area contributed by atoms with Crippen molar-refractivity contribution in [2.24, 2.45) is 0 Å². The molecule has 1 fully saturated rings. The lowest BCUT2D eigenvalue weighted by Gasteiger charge is -2.38. The van der Waals surface area contributed by atoms with Crippen LogP contribution in [0.2, 0.25) is 0 Å². The van der Waals surface area contributed by atoms with Crippen LogP contribution in [-0.4, -0.2) is 49.0 Å². The predicted octanol–water partition coefficient (Wildman–Crippen LogP) is 2.72. The molecular formula is C23H26FN3O3. The summed E-state index contributed by atoms with van der Waals surface area (Å²) in [7, 11) is 0. The second kappa shape index (κ2) is 9.15. The van der Waals surface area contributed by atoms with Crippen molar-refractivity contribution in [2.45, 2.75) is 31.9 Å². The fraction of sp³-hybridized carbons (Fsp3) is 0.391. The van der Waals surface area contributed by atoms with Crippen molar-refractivity contribution in [3.63, 3.8) is 0 Å². The largest absolute Gasteiger partial charge is 0.477 e. The lowest BCUT2D eigenvalue weighted by Crippen LogP contribution is -2.53. The van der Waals surface area contributed by atoms with Gasteiger partial charge in [0, 0.05) is 25.2 Å². The number of rotatable bonds is 5. The van der Waals surface area contributed by atoms with Crippen LogP contribution >= 0.6 is 0 Å². The number of fused-ring (bicyclic) bond motifs is 1. The van der Waals surface area contributed by atoms with Crippen molar-refractivity contribution in [3.8, 4) is 5.75 Å². The molecule has 4 rings (SSSR count). The van der Waals surface area contributed by atoms with Crippen molar-refractivity contribution >= 4 is 17.5 Å². The third kappa shape index (κ3) is 4.56. The first-order valence-electron chi connectivity index (χ1n) is 10.4. The Morgan fingerprint density at radius 3 is 2.57 bits per heavy atom. The number of hydrogen-bond donors (Lipinski definition) is 1. The van der Waals surface area contributed by atoms with Gasteiger partial charge in [-0.05, 0) is 37.5 Å². The second-order valence-corrected chi connectivity index (χ2v) is 7.71. The van der Waals surface area contributed by atoms with Gasteiger partial charge in [0.1, 0.15) is 11.6 Å². The van der Waals surface area contributed by atoms with Crippen LogP contribution in [0.25, 0.3) is 0 Å². The SMILES string of the molecule is O=C(CN1C[C@@H](C(=O)N2CCCCC2)Oc2ccccc21)NCc1ccccc1F. The molecule has 0 spiro atoms. The van der Waals surface area contributed by atoms with Crippen LogP contribution in [0.15, 0.2) is 48.5 Å². The highest BCUT2D eigenvalue weighted by Gasteiger charge is 2.34. The first-order chi connectivity index (χ1) is 14.6. The Labute approximate surface area is 175 Å². The summed E-state index contributed by atoms with van der Waals surface area (Å²) in [5.74, 6) is -0.0113. The van der Waals surface area contributed by atoms with Gasteiger partial charge in [-0.25, -0.2) is 4.39 Å². The summed E-state index contributed by atoms with van der Waals surface area (Å²) in [6, 6.07) is 13.8. The number of nitrogens with one attached hydrogen (secondary N) is 1. The number of halogens is 1. The van der Waals surface area contributed by atoms with Gasteiger partial charge in [-0.3, -0.25) is 9.59 Å². The third-order valence-corrected chi connectivity index (χ3v) is 5.57. The van der Waals surface area contributed by atoms with E-state index in [4.69, 9.17) is 4.74 Å². The Morgan fingerprint density at radius 2 is 1.77 bits per heavy atom. The van der Waals surface area contributed by atoms with Gasteiger partial charge in [-0.2, -0.15) is 0 Å². The minimum Gasteiger partial charge on any atom is -0.477 e. The molecule has 0 bridgehead atoms. The Kier molecular flexibility index (Phi) is 6.16. The average Bonchev–Trinajstić information content (AvgIpc) is 2.78.